The summed E-state index contributed by atoms with van der Waals surface area (Å²) in [6.45, 7) is 9.53. The monoisotopic (exact) mass is 481 g/mol. The van der Waals surface area contributed by atoms with E-state index in [0.29, 0.717) is 15.4 Å². The number of carbonyl (C=O) groups is 1. The van der Waals surface area contributed by atoms with Gasteiger partial charge in [-0.3, -0.25) is 18.8 Å². The summed E-state index contributed by atoms with van der Waals surface area (Å²) in [6, 6.07) is 9.78. The number of amides is 1. The van der Waals surface area contributed by atoms with Crippen molar-refractivity contribution in [3.8, 4) is 11.1 Å². The van der Waals surface area contributed by atoms with E-state index < -0.39 is 5.25 Å². The fourth-order valence-electron chi connectivity index (χ4n) is 3.74. The van der Waals surface area contributed by atoms with Crippen LogP contribution in [0.3, 0.4) is 0 Å². The molecule has 1 unspecified atom stereocenters. The number of thiophene rings is 1. The first-order chi connectivity index (χ1) is 15.7. The predicted octanol–water partition coefficient (Wildman–Crippen LogP) is 5.18. The van der Waals surface area contributed by atoms with E-state index in [4.69, 9.17) is 4.98 Å². The third-order valence-corrected chi connectivity index (χ3v) is 7.56. The number of hydrogen-bond donors (Lipinski definition) is 1. The topological polar surface area (TPSA) is 81.8 Å². The average Bonchev–Trinajstić information content (AvgIpc) is 3.30. The van der Waals surface area contributed by atoms with Crippen LogP contribution in [0.2, 0.25) is 0 Å². The molecule has 4 rings (SSSR count). The number of thioether (sulfide) groups is 1. The first kappa shape index (κ1) is 23.3. The Morgan fingerprint density at radius 3 is 2.45 bits per heavy atom. The Kier molecular flexibility index (Phi) is 6.45. The number of anilines is 1. The molecule has 33 heavy (non-hydrogen) atoms. The molecule has 0 aliphatic heterocycles. The third-order valence-electron chi connectivity index (χ3n) is 5.62. The highest BCUT2D eigenvalue weighted by Crippen LogP contribution is 2.34. The summed E-state index contributed by atoms with van der Waals surface area (Å²) >= 11 is 2.75. The zero-order chi connectivity index (χ0) is 23.9. The Labute approximate surface area is 200 Å². The van der Waals surface area contributed by atoms with Gasteiger partial charge in [-0.15, -0.1) is 11.3 Å². The van der Waals surface area contributed by atoms with E-state index in [1.54, 1.807) is 9.25 Å². The van der Waals surface area contributed by atoms with Crippen molar-refractivity contribution in [2.45, 2.75) is 51.1 Å². The predicted molar refractivity (Wildman–Crippen MR) is 136 cm³/mol. The van der Waals surface area contributed by atoms with Crippen LogP contribution in [0.25, 0.3) is 21.3 Å². The number of aryl methyl sites for hydroxylation is 2. The maximum absolute atomic E-state index is 13.6. The van der Waals surface area contributed by atoms with Gasteiger partial charge in [-0.25, -0.2) is 4.98 Å². The van der Waals surface area contributed by atoms with Crippen molar-refractivity contribution in [1.82, 2.24) is 19.3 Å². The van der Waals surface area contributed by atoms with Crippen LogP contribution in [0.5, 0.6) is 0 Å². The summed E-state index contributed by atoms with van der Waals surface area (Å²) in [5.74, 6) is -0.153. The Hall–Kier alpha value is -2.91. The number of hydrogen-bond acceptors (Lipinski definition) is 6. The number of nitrogens with one attached hydrogen (secondary N) is 1. The third kappa shape index (κ3) is 4.35. The van der Waals surface area contributed by atoms with Gasteiger partial charge >= 0.3 is 0 Å². The van der Waals surface area contributed by atoms with Gasteiger partial charge in [-0.2, -0.15) is 5.10 Å². The molecule has 3 aromatic heterocycles. The smallest absolute Gasteiger partial charge is 0.263 e. The van der Waals surface area contributed by atoms with Crippen molar-refractivity contribution in [2.75, 3.05) is 5.32 Å². The summed E-state index contributed by atoms with van der Waals surface area (Å²) in [5, 5.41) is 10.1. The molecule has 1 amide bonds. The molecule has 1 aromatic carbocycles. The molecule has 0 saturated heterocycles. The van der Waals surface area contributed by atoms with Gasteiger partial charge in [0.05, 0.1) is 27.7 Å². The minimum absolute atomic E-state index is 0.0795. The van der Waals surface area contributed by atoms with Crippen LogP contribution in [-0.2, 0) is 11.8 Å². The van der Waals surface area contributed by atoms with E-state index in [2.05, 4.69) is 10.4 Å². The van der Waals surface area contributed by atoms with Crippen LogP contribution < -0.4 is 10.9 Å². The van der Waals surface area contributed by atoms with Crippen molar-refractivity contribution >= 4 is 44.9 Å². The largest absolute Gasteiger partial charge is 0.322 e. The molecule has 0 spiro atoms. The van der Waals surface area contributed by atoms with Gasteiger partial charge in [0, 0.05) is 24.0 Å². The van der Waals surface area contributed by atoms with Crippen LogP contribution in [-0.4, -0.2) is 30.5 Å². The maximum atomic E-state index is 13.6. The Balaban J connectivity index is 1.69. The average molecular weight is 482 g/mol. The van der Waals surface area contributed by atoms with Gasteiger partial charge in [-0.05, 0) is 40.2 Å². The van der Waals surface area contributed by atoms with Crippen LogP contribution in [0.15, 0.2) is 45.7 Å². The molecule has 4 aromatic rings. The summed E-state index contributed by atoms with van der Waals surface area (Å²) in [5.41, 5.74) is 4.20. The van der Waals surface area contributed by atoms with Gasteiger partial charge in [-0.1, -0.05) is 42.1 Å². The zero-order valence-electron chi connectivity index (χ0n) is 19.5. The minimum atomic E-state index is -0.452. The quantitative estimate of drug-likeness (QED) is 0.303. The fourth-order valence-corrected chi connectivity index (χ4v) is 5.77. The van der Waals surface area contributed by atoms with Crippen molar-refractivity contribution in [2.24, 2.45) is 7.05 Å². The second kappa shape index (κ2) is 9.15. The number of aromatic nitrogens is 4. The van der Waals surface area contributed by atoms with Gasteiger partial charge in [0.15, 0.2) is 5.16 Å². The highest BCUT2D eigenvalue weighted by Gasteiger charge is 2.24. The van der Waals surface area contributed by atoms with E-state index in [1.165, 1.54) is 23.1 Å². The lowest BCUT2D eigenvalue weighted by atomic mass is 10.1. The molecule has 3 heterocycles. The molecule has 172 valence electrons. The van der Waals surface area contributed by atoms with E-state index >= 15 is 0 Å². The van der Waals surface area contributed by atoms with Crippen LogP contribution >= 0.6 is 23.1 Å². The van der Waals surface area contributed by atoms with Gasteiger partial charge in [0.1, 0.15) is 4.83 Å². The van der Waals surface area contributed by atoms with Crippen molar-refractivity contribution in [3.63, 3.8) is 0 Å². The zero-order valence-corrected chi connectivity index (χ0v) is 21.2. The van der Waals surface area contributed by atoms with Gasteiger partial charge in [0.25, 0.3) is 5.56 Å². The number of rotatable bonds is 6. The Morgan fingerprint density at radius 1 is 1.15 bits per heavy atom. The second-order valence-electron chi connectivity index (χ2n) is 8.28. The van der Waals surface area contributed by atoms with Crippen LogP contribution in [0.1, 0.15) is 38.2 Å². The molecule has 0 aliphatic carbocycles. The first-order valence-corrected chi connectivity index (χ1v) is 12.5. The van der Waals surface area contributed by atoms with Crippen molar-refractivity contribution in [3.05, 3.63) is 57.5 Å². The molecule has 0 aliphatic rings. The lowest BCUT2D eigenvalue weighted by Crippen LogP contribution is -2.28. The van der Waals surface area contributed by atoms with Crippen molar-refractivity contribution < 1.29 is 4.79 Å². The van der Waals surface area contributed by atoms with E-state index in [1.807, 2.05) is 77.4 Å². The highest BCUT2D eigenvalue weighted by molar-refractivity contribution is 8.00. The summed E-state index contributed by atoms with van der Waals surface area (Å²) in [7, 11) is 1.85. The number of carbonyl (C=O) groups excluding carboxylic acids is 1. The summed E-state index contributed by atoms with van der Waals surface area (Å²) in [4.78, 5) is 32.1. The molecular weight excluding hydrogens is 454 g/mol. The lowest BCUT2D eigenvalue weighted by Gasteiger charge is -2.18. The molecular formula is C24H27N5O2S2. The van der Waals surface area contributed by atoms with E-state index in [9.17, 15) is 9.59 Å². The molecule has 0 bridgehead atoms. The lowest BCUT2D eigenvalue weighted by molar-refractivity contribution is -0.115. The number of benzene rings is 1. The van der Waals surface area contributed by atoms with Gasteiger partial charge < -0.3 is 5.32 Å². The number of fused-ring (bicyclic) bond motifs is 1. The maximum Gasteiger partial charge on any atom is 0.263 e. The van der Waals surface area contributed by atoms with E-state index in [0.717, 1.165) is 28.2 Å². The van der Waals surface area contributed by atoms with Crippen molar-refractivity contribution in [1.29, 1.82) is 0 Å². The molecule has 7 nitrogen and oxygen atoms in total. The molecule has 0 radical (unpaired) electrons. The van der Waals surface area contributed by atoms with Gasteiger partial charge in [0.2, 0.25) is 5.91 Å². The fraction of sp³-hybridized carbons (Fsp3) is 0.333. The van der Waals surface area contributed by atoms with E-state index in [-0.39, 0.29) is 17.5 Å². The normalized spacial score (nSPS) is 12.5. The molecule has 1 atom stereocenters. The van der Waals surface area contributed by atoms with Crippen LogP contribution in [0, 0.1) is 13.8 Å². The minimum Gasteiger partial charge on any atom is -0.322 e. The Bertz CT molecular complexity index is 1390. The molecule has 0 fully saturated rings. The summed E-state index contributed by atoms with van der Waals surface area (Å²) < 4.78 is 3.44. The molecule has 1 N–H and O–H groups in total. The number of nitrogens with zero attached hydrogens (tertiary/aromatic N) is 4. The molecule has 0 saturated carbocycles. The molecule has 9 heteroatoms. The second-order valence-corrected chi connectivity index (χ2v) is 10.4. The SMILES string of the molecule is Cc1nn(C)c(C)c1NC(=O)C(C)Sc1nc2scc(-c3ccccc3)c2c(=O)n1C(C)C. The Morgan fingerprint density at radius 2 is 1.85 bits per heavy atom. The first-order valence-electron chi connectivity index (χ1n) is 10.8. The highest BCUT2D eigenvalue weighted by atomic mass is 32.2. The standard InChI is InChI=1S/C24H27N5O2S2/c1-13(2)29-23(31)19-18(17-10-8-7-9-11-17)12-32-22(19)26-24(29)33-16(5)21(30)25-20-14(3)27-28(6)15(20)4/h7-13,16H,1-6H3,(H,25,30). The summed E-state index contributed by atoms with van der Waals surface area (Å²) in [6.07, 6.45) is 0. The van der Waals surface area contributed by atoms with Crippen LogP contribution in [0.4, 0.5) is 5.69 Å².